The Morgan fingerprint density at radius 1 is 0.441 bits per heavy atom. The predicted molar refractivity (Wildman–Crippen MR) is 296 cm³/mol. The van der Waals surface area contributed by atoms with E-state index in [1.807, 2.05) is 0 Å². The van der Waals surface area contributed by atoms with Gasteiger partial charge in [-0.05, 0) is 89.9 Å². The SMILES string of the molecule is CCCCC/C=C\C/C=C\C/C=C\CCCCC(CC(=O)NC(CO)C(O)CCCCCCCCCCCCCCCCCC)OC(=O)CCCCCCC/C=C/C=C/C=C/CCCCCCC. The number of hydrogen-bond acceptors (Lipinski definition) is 5. The molecule has 0 fully saturated rings. The molecule has 0 saturated carbocycles. The standard InChI is InChI=1S/C62H111NO5/c1-4-7-10-13-16-19-22-25-28-30-31-34-37-40-43-46-49-52-55-62(67)68-58(53-50-47-44-41-38-35-32-27-24-21-18-15-12-9-6-3)56-61(66)63-59(57-64)60(65)54-51-48-45-42-39-36-33-29-26-23-20-17-14-11-8-5-2/h18,21-22,25,27-28,30-32,34,38,41,58-60,64-65H,4-17,19-20,23-24,26,29,33,35-37,39-40,42-57H2,1-3H3,(H,63,66)/b21-18-,25-22+,30-28+,32-27-,34-31+,41-38-. The van der Waals surface area contributed by atoms with Crippen LogP contribution in [0.5, 0.6) is 0 Å². The first kappa shape index (κ1) is 65.3. The van der Waals surface area contributed by atoms with Crippen LogP contribution in [0.1, 0.15) is 284 Å². The van der Waals surface area contributed by atoms with Gasteiger partial charge in [0.1, 0.15) is 6.10 Å². The van der Waals surface area contributed by atoms with Gasteiger partial charge in [-0.25, -0.2) is 0 Å². The summed E-state index contributed by atoms with van der Waals surface area (Å²) in [5.41, 5.74) is 0. The molecule has 0 heterocycles. The number of carbonyl (C=O) groups excluding carboxylic acids is 2. The van der Waals surface area contributed by atoms with Crippen molar-refractivity contribution in [3.8, 4) is 0 Å². The number of aliphatic hydroxyl groups excluding tert-OH is 2. The summed E-state index contributed by atoms with van der Waals surface area (Å²) in [5.74, 6) is -0.530. The molecule has 0 bridgehead atoms. The monoisotopic (exact) mass is 950 g/mol. The lowest BCUT2D eigenvalue weighted by Gasteiger charge is -2.24. The minimum absolute atomic E-state index is 0.0415. The fourth-order valence-electron chi connectivity index (χ4n) is 8.62. The van der Waals surface area contributed by atoms with Gasteiger partial charge in [-0.3, -0.25) is 9.59 Å². The zero-order valence-corrected chi connectivity index (χ0v) is 45.0. The third-order valence-corrected chi connectivity index (χ3v) is 13.1. The smallest absolute Gasteiger partial charge is 0.306 e. The maximum Gasteiger partial charge on any atom is 0.306 e. The van der Waals surface area contributed by atoms with Gasteiger partial charge in [-0.15, -0.1) is 0 Å². The molecule has 0 aliphatic rings. The van der Waals surface area contributed by atoms with Crippen molar-refractivity contribution in [1.82, 2.24) is 5.32 Å². The lowest BCUT2D eigenvalue weighted by atomic mass is 10.0. The van der Waals surface area contributed by atoms with Crippen molar-refractivity contribution < 1.29 is 24.5 Å². The van der Waals surface area contributed by atoms with E-state index in [2.05, 4.69) is 99.0 Å². The van der Waals surface area contributed by atoms with Crippen molar-refractivity contribution in [2.24, 2.45) is 0 Å². The maximum atomic E-state index is 13.3. The highest BCUT2D eigenvalue weighted by molar-refractivity contribution is 5.77. The summed E-state index contributed by atoms with van der Waals surface area (Å²) in [4.78, 5) is 26.3. The highest BCUT2D eigenvalue weighted by Gasteiger charge is 2.24. The molecule has 6 nitrogen and oxygen atoms in total. The van der Waals surface area contributed by atoms with Crippen LogP contribution in [0.4, 0.5) is 0 Å². The topological polar surface area (TPSA) is 95.9 Å². The molecule has 3 N–H and O–H groups in total. The summed E-state index contributed by atoms with van der Waals surface area (Å²) in [6.07, 6.45) is 71.0. The van der Waals surface area contributed by atoms with E-state index < -0.39 is 18.2 Å². The molecule has 394 valence electrons. The van der Waals surface area contributed by atoms with Crippen molar-refractivity contribution in [3.63, 3.8) is 0 Å². The highest BCUT2D eigenvalue weighted by atomic mass is 16.5. The molecule has 3 unspecified atom stereocenters. The zero-order chi connectivity index (χ0) is 49.5. The van der Waals surface area contributed by atoms with E-state index in [0.29, 0.717) is 19.3 Å². The predicted octanol–water partition coefficient (Wildman–Crippen LogP) is 18.1. The molecule has 0 aromatic rings. The van der Waals surface area contributed by atoms with Crippen molar-refractivity contribution in [3.05, 3.63) is 72.9 Å². The van der Waals surface area contributed by atoms with Crippen LogP contribution in [0.2, 0.25) is 0 Å². The van der Waals surface area contributed by atoms with E-state index in [0.717, 1.165) is 89.9 Å². The first-order valence-electron chi connectivity index (χ1n) is 29.2. The van der Waals surface area contributed by atoms with Crippen LogP contribution in [0.15, 0.2) is 72.9 Å². The normalized spacial score (nSPS) is 13.7. The molecule has 6 heteroatoms. The first-order chi connectivity index (χ1) is 33.5. The van der Waals surface area contributed by atoms with Crippen LogP contribution >= 0.6 is 0 Å². The summed E-state index contributed by atoms with van der Waals surface area (Å²) < 4.78 is 5.93. The van der Waals surface area contributed by atoms with E-state index in [1.165, 1.54) is 148 Å². The van der Waals surface area contributed by atoms with Crippen LogP contribution in [0, 0.1) is 0 Å². The molecule has 0 rings (SSSR count). The number of ether oxygens (including phenoxy) is 1. The van der Waals surface area contributed by atoms with E-state index in [1.54, 1.807) is 0 Å². The number of nitrogens with one attached hydrogen (secondary N) is 1. The van der Waals surface area contributed by atoms with E-state index >= 15 is 0 Å². The Balaban J connectivity index is 4.64. The molecule has 0 aliphatic carbocycles. The van der Waals surface area contributed by atoms with Crippen LogP contribution in [0.25, 0.3) is 0 Å². The first-order valence-corrected chi connectivity index (χ1v) is 29.2. The zero-order valence-electron chi connectivity index (χ0n) is 45.0. The third-order valence-electron chi connectivity index (χ3n) is 13.1. The maximum absolute atomic E-state index is 13.3. The summed E-state index contributed by atoms with van der Waals surface area (Å²) in [6.45, 7) is 6.45. The number of unbranched alkanes of at least 4 members (excludes halogenated alkanes) is 30. The van der Waals surface area contributed by atoms with Gasteiger partial charge in [0, 0.05) is 6.42 Å². The van der Waals surface area contributed by atoms with Crippen LogP contribution < -0.4 is 5.32 Å². The summed E-state index contributed by atoms with van der Waals surface area (Å²) in [7, 11) is 0. The number of allylic oxidation sites excluding steroid dienone is 12. The Labute approximate surface area is 421 Å². The number of rotatable bonds is 52. The minimum atomic E-state index is -0.805. The Kier molecular flexibility index (Phi) is 53.0. The number of amides is 1. The van der Waals surface area contributed by atoms with Gasteiger partial charge in [0.25, 0.3) is 0 Å². The van der Waals surface area contributed by atoms with Gasteiger partial charge in [0.05, 0.1) is 25.2 Å². The largest absolute Gasteiger partial charge is 0.462 e. The Morgan fingerprint density at radius 3 is 1.29 bits per heavy atom. The summed E-state index contributed by atoms with van der Waals surface area (Å²) >= 11 is 0. The van der Waals surface area contributed by atoms with Crippen molar-refractivity contribution in [1.29, 1.82) is 0 Å². The van der Waals surface area contributed by atoms with Crippen molar-refractivity contribution >= 4 is 11.9 Å². The van der Waals surface area contributed by atoms with Gasteiger partial charge in [0.15, 0.2) is 0 Å². The van der Waals surface area contributed by atoms with Gasteiger partial charge in [-0.2, -0.15) is 0 Å². The van der Waals surface area contributed by atoms with Crippen LogP contribution in [0.3, 0.4) is 0 Å². The fraction of sp³-hybridized carbons (Fsp3) is 0.774. The van der Waals surface area contributed by atoms with Crippen LogP contribution in [-0.4, -0.2) is 46.9 Å². The average molecular weight is 951 g/mol. The lowest BCUT2D eigenvalue weighted by molar-refractivity contribution is -0.151. The van der Waals surface area contributed by atoms with E-state index in [4.69, 9.17) is 4.74 Å². The summed E-state index contributed by atoms with van der Waals surface area (Å²) in [5, 5.41) is 23.9. The van der Waals surface area contributed by atoms with Gasteiger partial charge >= 0.3 is 5.97 Å². The second-order valence-corrected chi connectivity index (χ2v) is 19.7. The molecule has 0 aromatic carbocycles. The summed E-state index contributed by atoms with van der Waals surface area (Å²) in [6, 6.07) is -0.722. The molecular weight excluding hydrogens is 839 g/mol. The number of aliphatic hydroxyl groups is 2. The van der Waals surface area contributed by atoms with Crippen molar-refractivity contribution in [2.45, 2.75) is 302 Å². The molecular formula is C62H111NO5. The number of esters is 1. The van der Waals surface area contributed by atoms with Crippen LogP contribution in [-0.2, 0) is 14.3 Å². The Bertz CT molecular complexity index is 1250. The lowest BCUT2D eigenvalue weighted by Crippen LogP contribution is -2.46. The van der Waals surface area contributed by atoms with Gasteiger partial charge in [-0.1, -0.05) is 254 Å². The number of carbonyl (C=O) groups is 2. The Hall–Kier alpha value is -2.70. The van der Waals surface area contributed by atoms with E-state index in [9.17, 15) is 19.8 Å². The molecule has 0 spiro atoms. The minimum Gasteiger partial charge on any atom is -0.462 e. The quantitative estimate of drug-likeness (QED) is 0.0244. The molecule has 0 saturated heterocycles. The van der Waals surface area contributed by atoms with E-state index in [-0.39, 0.29) is 24.9 Å². The molecule has 0 aliphatic heterocycles. The fourth-order valence-corrected chi connectivity index (χ4v) is 8.62. The molecule has 0 aromatic heterocycles. The third kappa shape index (κ3) is 49.7. The highest BCUT2D eigenvalue weighted by Crippen LogP contribution is 2.18. The molecule has 68 heavy (non-hydrogen) atoms. The van der Waals surface area contributed by atoms with Crippen molar-refractivity contribution in [2.75, 3.05) is 6.61 Å². The van der Waals surface area contributed by atoms with Gasteiger partial charge < -0.3 is 20.3 Å². The second kappa shape index (κ2) is 55.2. The number of hydrogen-bond donors (Lipinski definition) is 3. The Morgan fingerprint density at radius 2 is 0.809 bits per heavy atom. The average Bonchev–Trinajstić information content (AvgIpc) is 3.33. The molecule has 1 amide bonds. The molecule has 0 radical (unpaired) electrons. The van der Waals surface area contributed by atoms with Gasteiger partial charge in [0.2, 0.25) is 5.91 Å². The second-order valence-electron chi connectivity index (χ2n) is 19.7. The molecule has 3 atom stereocenters.